The van der Waals surface area contributed by atoms with Crippen molar-refractivity contribution in [2.45, 2.75) is 25.8 Å². The van der Waals surface area contributed by atoms with E-state index >= 15 is 0 Å². The van der Waals surface area contributed by atoms with E-state index in [0.717, 1.165) is 30.8 Å². The topological polar surface area (TPSA) is 32.3 Å². The highest BCUT2D eigenvalue weighted by Crippen LogP contribution is 2.32. The summed E-state index contributed by atoms with van der Waals surface area (Å²) < 4.78 is 0. The summed E-state index contributed by atoms with van der Waals surface area (Å²) in [4.78, 5) is 16.8. The summed E-state index contributed by atoms with van der Waals surface area (Å²) in [6.07, 6.45) is 2.08. The van der Waals surface area contributed by atoms with Gasteiger partial charge < -0.3 is 10.2 Å². The lowest BCUT2D eigenvalue weighted by atomic mass is 10.1. The maximum Gasteiger partial charge on any atom is 0.261 e. The molecule has 3 nitrogen and oxygen atoms in total. The molecule has 0 unspecified atom stereocenters. The quantitative estimate of drug-likeness (QED) is 0.939. The molecule has 1 amide bonds. The number of benzene rings is 1. The summed E-state index contributed by atoms with van der Waals surface area (Å²) in [6, 6.07) is 12.6. The van der Waals surface area contributed by atoms with Gasteiger partial charge in [-0.1, -0.05) is 30.3 Å². The van der Waals surface area contributed by atoms with Crippen LogP contribution in [0.2, 0.25) is 0 Å². The van der Waals surface area contributed by atoms with Crippen LogP contribution in [-0.2, 0) is 0 Å². The van der Waals surface area contributed by atoms with E-state index in [1.54, 1.807) is 11.3 Å². The Kier molecular flexibility index (Phi) is 4.60. The number of hydrogen-bond donors (Lipinski definition) is 1. The highest BCUT2D eigenvalue weighted by atomic mass is 32.1. The van der Waals surface area contributed by atoms with Crippen LogP contribution in [0.1, 0.15) is 28.1 Å². The molecule has 22 heavy (non-hydrogen) atoms. The number of hydrogen-bond acceptors (Lipinski definition) is 3. The molecule has 1 fully saturated rings. The van der Waals surface area contributed by atoms with E-state index in [-0.39, 0.29) is 5.91 Å². The SMILES string of the molecule is Cc1cc(C(=O)NC2CCN(C)CC2)sc1-c1ccccc1. The van der Waals surface area contributed by atoms with Gasteiger partial charge in [-0.2, -0.15) is 0 Å². The van der Waals surface area contributed by atoms with Gasteiger partial charge in [-0.15, -0.1) is 11.3 Å². The minimum atomic E-state index is 0.0739. The summed E-state index contributed by atoms with van der Waals surface area (Å²) in [5, 5.41) is 3.19. The Balaban J connectivity index is 1.71. The number of piperidine rings is 1. The zero-order valence-electron chi connectivity index (χ0n) is 13.1. The number of amides is 1. The number of thiophene rings is 1. The Morgan fingerprint density at radius 2 is 1.91 bits per heavy atom. The van der Waals surface area contributed by atoms with E-state index in [2.05, 4.69) is 36.3 Å². The minimum absolute atomic E-state index is 0.0739. The average molecular weight is 314 g/mol. The molecule has 2 aromatic rings. The van der Waals surface area contributed by atoms with Gasteiger partial charge in [0.2, 0.25) is 0 Å². The maximum atomic E-state index is 12.5. The van der Waals surface area contributed by atoms with Gasteiger partial charge in [-0.05, 0) is 57.1 Å². The van der Waals surface area contributed by atoms with Crippen LogP contribution >= 0.6 is 11.3 Å². The first-order chi connectivity index (χ1) is 10.6. The molecule has 0 atom stereocenters. The molecule has 1 N–H and O–H groups in total. The third-order valence-electron chi connectivity index (χ3n) is 4.23. The second-order valence-corrected chi connectivity index (χ2v) is 7.09. The predicted octanol–water partition coefficient (Wildman–Crippen LogP) is 3.55. The smallest absolute Gasteiger partial charge is 0.261 e. The van der Waals surface area contributed by atoms with Crippen molar-refractivity contribution in [3.8, 4) is 10.4 Å². The van der Waals surface area contributed by atoms with E-state index in [0.29, 0.717) is 6.04 Å². The third-order valence-corrected chi connectivity index (χ3v) is 5.52. The van der Waals surface area contributed by atoms with Crippen molar-refractivity contribution in [2.75, 3.05) is 20.1 Å². The van der Waals surface area contributed by atoms with E-state index in [9.17, 15) is 4.79 Å². The van der Waals surface area contributed by atoms with E-state index in [1.807, 2.05) is 24.3 Å². The fourth-order valence-corrected chi connectivity index (χ4v) is 3.96. The number of aryl methyl sites for hydroxylation is 1. The lowest BCUT2D eigenvalue weighted by Crippen LogP contribution is -2.43. The molecule has 1 aromatic carbocycles. The number of rotatable bonds is 3. The van der Waals surface area contributed by atoms with Gasteiger partial charge in [0.1, 0.15) is 0 Å². The van der Waals surface area contributed by atoms with E-state index in [1.165, 1.54) is 16.0 Å². The molecule has 1 aromatic heterocycles. The second kappa shape index (κ2) is 6.63. The molecule has 2 heterocycles. The number of nitrogens with one attached hydrogen (secondary N) is 1. The molecule has 116 valence electrons. The standard InChI is InChI=1S/C18H22N2OS/c1-13-12-16(22-17(13)14-6-4-3-5-7-14)18(21)19-15-8-10-20(2)11-9-15/h3-7,12,15H,8-11H2,1-2H3,(H,19,21). The van der Waals surface area contributed by atoms with Crippen LogP contribution in [0.5, 0.6) is 0 Å². The molecular formula is C18H22N2OS. The summed E-state index contributed by atoms with van der Waals surface area (Å²) in [6.45, 7) is 4.19. The number of carbonyl (C=O) groups is 1. The number of nitrogens with zero attached hydrogens (tertiary/aromatic N) is 1. The Morgan fingerprint density at radius 3 is 2.59 bits per heavy atom. The molecule has 1 aliphatic heterocycles. The van der Waals surface area contributed by atoms with Crippen molar-refractivity contribution < 1.29 is 4.79 Å². The molecule has 0 radical (unpaired) electrons. The fourth-order valence-electron chi connectivity index (χ4n) is 2.88. The predicted molar refractivity (Wildman–Crippen MR) is 92.5 cm³/mol. The van der Waals surface area contributed by atoms with Crippen LogP contribution in [0, 0.1) is 6.92 Å². The Morgan fingerprint density at radius 1 is 1.23 bits per heavy atom. The van der Waals surface area contributed by atoms with Crippen LogP contribution in [0.3, 0.4) is 0 Å². The molecule has 3 rings (SSSR count). The Hall–Kier alpha value is -1.65. The largest absolute Gasteiger partial charge is 0.349 e. The normalized spacial score (nSPS) is 16.6. The van der Waals surface area contributed by atoms with Crippen LogP contribution in [-0.4, -0.2) is 37.0 Å². The molecule has 1 saturated heterocycles. The van der Waals surface area contributed by atoms with Gasteiger partial charge in [0, 0.05) is 10.9 Å². The summed E-state index contributed by atoms with van der Waals surface area (Å²) in [5.41, 5.74) is 2.35. The molecule has 0 saturated carbocycles. The van der Waals surface area contributed by atoms with E-state index in [4.69, 9.17) is 0 Å². The number of carbonyl (C=O) groups excluding carboxylic acids is 1. The Bertz CT molecular complexity index is 642. The minimum Gasteiger partial charge on any atom is -0.349 e. The first-order valence-corrected chi connectivity index (χ1v) is 8.60. The van der Waals surface area contributed by atoms with Gasteiger partial charge >= 0.3 is 0 Å². The molecular weight excluding hydrogens is 292 g/mol. The van der Waals surface area contributed by atoms with Crippen LogP contribution < -0.4 is 5.32 Å². The van der Waals surface area contributed by atoms with Gasteiger partial charge in [-0.25, -0.2) is 0 Å². The van der Waals surface area contributed by atoms with Crippen molar-refractivity contribution >= 4 is 17.2 Å². The molecule has 0 spiro atoms. The molecule has 0 aliphatic carbocycles. The van der Waals surface area contributed by atoms with Gasteiger partial charge in [0.15, 0.2) is 0 Å². The van der Waals surface area contributed by atoms with Crippen molar-refractivity contribution in [3.05, 3.63) is 46.8 Å². The van der Waals surface area contributed by atoms with Crippen molar-refractivity contribution in [1.82, 2.24) is 10.2 Å². The number of likely N-dealkylation sites (tertiary alicyclic amines) is 1. The summed E-state index contributed by atoms with van der Waals surface area (Å²) in [5.74, 6) is 0.0739. The zero-order chi connectivity index (χ0) is 15.5. The van der Waals surface area contributed by atoms with Crippen molar-refractivity contribution in [1.29, 1.82) is 0 Å². The first-order valence-electron chi connectivity index (χ1n) is 7.79. The van der Waals surface area contributed by atoms with Gasteiger partial charge in [0.05, 0.1) is 4.88 Å². The lowest BCUT2D eigenvalue weighted by molar-refractivity contribution is 0.0921. The summed E-state index contributed by atoms with van der Waals surface area (Å²) in [7, 11) is 2.13. The highest BCUT2D eigenvalue weighted by molar-refractivity contribution is 7.17. The van der Waals surface area contributed by atoms with Crippen molar-refractivity contribution in [2.24, 2.45) is 0 Å². The van der Waals surface area contributed by atoms with Crippen LogP contribution in [0.4, 0.5) is 0 Å². The van der Waals surface area contributed by atoms with Crippen LogP contribution in [0.25, 0.3) is 10.4 Å². The van der Waals surface area contributed by atoms with Crippen molar-refractivity contribution in [3.63, 3.8) is 0 Å². The fraction of sp³-hybridized carbons (Fsp3) is 0.389. The highest BCUT2D eigenvalue weighted by Gasteiger charge is 2.20. The second-order valence-electron chi connectivity index (χ2n) is 6.04. The molecule has 1 aliphatic rings. The molecule has 4 heteroatoms. The zero-order valence-corrected chi connectivity index (χ0v) is 14.0. The molecule has 0 bridgehead atoms. The average Bonchev–Trinajstić information content (AvgIpc) is 2.92. The lowest BCUT2D eigenvalue weighted by Gasteiger charge is -2.29. The Labute approximate surface area is 136 Å². The van der Waals surface area contributed by atoms with Gasteiger partial charge in [-0.3, -0.25) is 4.79 Å². The first kappa shape index (κ1) is 15.3. The maximum absolute atomic E-state index is 12.5. The summed E-state index contributed by atoms with van der Waals surface area (Å²) >= 11 is 1.59. The van der Waals surface area contributed by atoms with E-state index < -0.39 is 0 Å². The van der Waals surface area contributed by atoms with Gasteiger partial charge in [0.25, 0.3) is 5.91 Å². The van der Waals surface area contributed by atoms with Crippen LogP contribution in [0.15, 0.2) is 36.4 Å². The monoisotopic (exact) mass is 314 g/mol. The third kappa shape index (κ3) is 3.39.